The molecule has 4 rings (SSSR count). The standard InChI is InChI=1S/C18H18ClN5O/c19-14-6-2-1-4-12(14)10-15(25)24-9-3-5-13(11-24)16-17-18(23-22-16)21-8-7-20-17/h1-2,4,6-8,13H,3,5,9-11H2,(H,21,22,23)/t13-/m0/s1. The van der Waals surface area contributed by atoms with Crippen LogP contribution in [0.3, 0.4) is 0 Å². The second-order valence-electron chi connectivity index (χ2n) is 6.31. The highest BCUT2D eigenvalue weighted by Crippen LogP contribution is 2.29. The molecule has 1 fully saturated rings. The number of nitrogens with zero attached hydrogens (tertiary/aromatic N) is 4. The minimum Gasteiger partial charge on any atom is -0.342 e. The van der Waals surface area contributed by atoms with Crippen LogP contribution in [-0.4, -0.2) is 44.1 Å². The maximum Gasteiger partial charge on any atom is 0.227 e. The van der Waals surface area contributed by atoms with Crippen LogP contribution in [0.4, 0.5) is 0 Å². The van der Waals surface area contributed by atoms with Crippen molar-refractivity contribution < 1.29 is 4.79 Å². The van der Waals surface area contributed by atoms with Gasteiger partial charge in [-0.3, -0.25) is 9.89 Å². The van der Waals surface area contributed by atoms with Crippen molar-refractivity contribution >= 4 is 28.7 Å². The zero-order valence-corrected chi connectivity index (χ0v) is 14.4. The second-order valence-corrected chi connectivity index (χ2v) is 6.72. The fourth-order valence-corrected chi connectivity index (χ4v) is 3.61. The lowest BCUT2D eigenvalue weighted by Gasteiger charge is -2.32. The molecule has 1 aliphatic heterocycles. The molecule has 1 saturated heterocycles. The molecule has 0 spiro atoms. The number of aromatic amines is 1. The number of benzene rings is 1. The molecule has 1 N–H and O–H groups in total. The molecule has 0 unspecified atom stereocenters. The summed E-state index contributed by atoms with van der Waals surface area (Å²) in [6, 6.07) is 7.50. The largest absolute Gasteiger partial charge is 0.342 e. The van der Waals surface area contributed by atoms with Gasteiger partial charge in [0.1, 0.15) is 5.52 Å². The number of likely N-dealkylation sites (tertiary alicyclic amines) is 1. The number of hydrogen-bond donors (Lipinski definition) is 1. The van der Waals surface area contributed by atoms with Gasteiger partial charge in [-0.15, -0.1) is 0 Å². The molecular formula is C18H18ClN5O. The first-order valence-electron chi connectivity index (χ1n) is 8.38. The van der Waals surface area contributed by atoms with Crippen molar-refractivity contribution in [2.24, 2.45) is 0 Å². The fourth-order valence-electron chi connectivity index (χ4n) is 3.41. The smallest absolute Gasteiger partial charge is 0.227 e. The number of aromatic nitrogens is 4. The van der Waals surface area contributed by atoms with E-state index in [1.807, 2.05) is 29.2 Å². The first kappa shape index (κ1) is 16.0. The number of rotatable bonds is 3. The lowest BCUT2D eigenvalue weighted by Crippen LogP contribution is -2.40. The monoisotopic (exact) mass is 355 g/mol. The van der Waals surface area contributed by atoms with E-state index in [1.54, 1.807) is 12.4 Å². The quantitative estimate of drug-likeness (QED) is 0.783. The summed E-state index contributed by atoms with van der Waals surface area (Å²) in [7, 11) is 0. The Bertz CT molecular complexity index is 909. The summed E-state index contributed by atoms with van der Waals surface area (Å²) in [5.74, 6) is 0.304. The van der Waals surface area contributed by atoms with Crippen molar-refractivity contribution in [1.29, 1.82) is 0 Å². The normalized spacial score (nSPS) is 17.8. The van der Waals surface area contributed by atoms with Crippen LogP contribution in [0.5, 0.6) is 0 Å². The third-order valence-electron chi connectivity index (χ3n) is 4.70. The van der Waals surface area contributed by atoms with Crippen LogP contribution in [0, 0.1) is 0 Å². The Morgan fingerprint density at radius 2 is 2.12 bits per heavy atom. The maximum atomic E-state index is 12.7. The Kier molecular flexibility index (Phi) is 4.36. The molecule has 0 aliphatic carbocycles. The molecule has 1 aliphatic rings. The molecule has 2 aromatic heterocycles. The van der Waals surface area contributed by atoms with Crippen LogP contribution < -0.4 is 0 Å². The minimum absolute atomic E-state index is 0.104. The van der Waals surface area contributed by atoms with Gasteiger partial charge in [0.15, 0.2) is 5.65 Å². The summed E-state index contributed by atoms with van der Waals surface area (Å²) >= 11 is 6.18. The van der Waals surface area contributed by atoms with E-state index in [1.165, 1.54) is 0 Å². The van der Waals surface area contributed by atoms with E-state index in [0.717, 1.165) is 36.2 Å². The summed E-state index contributed by atoms with van der Waals surface area (Å²) in [5.41, 5.74) is 3.26. The van der Waals surface area contributed by atoms with Gasteiger partial charge in [0.25, 0.3) is 0 Å². The van der Waals surface area contributed by atoms with Gasteiger partial charge in [-0.25, -0.2) is 9.97 Å². The lowest BCUT2D eigenvalue weighted by atomic mass is 9.94. The third kappa shape index (κ3) is 3.22. The average molecular weight is 356 g/mol. The highest BCUT2D eigenvalue weighted by molar-refractivity contribution is 6.31. The predicted molar refractivity (Wildman–Crippen MR) is 95.4 cm³/mol. The molecule has 128 valence electrons. The number of amides is 1. The van der Waals surface area contributed by atoms with Crippen molar-refractivity contribution in [3.63, 3.8) is 0 Å². The molecule has 1 amide bonds. The Hall–Kier alpha value is -2.47. The highest BCUT2D eigenvalue weighted by atomic mass is 35.5. The molecule has 7 heteroatoms. The summed E-state index contributed by atoms with van der Waals surface area (Å²) < 4.78 is 0. The third-order valence-corrected chi connectivity index (χ3v) is 5.07. The molecule has 0 saturated carbocycles. The Labute approximate surface area is 150 Å². The SMILES string of the molecule is O=C(Cc1ccccc1Cl)N1CCC[C@H](c2[nH]nc3nccnc23)C1. The number of halogens is 1. The predicted octanol–water partition coefficient (Wildman–Crippen LogP) is 2.96. The zero-order chi connectivity index (χ0) is 17.2. The van der Waals surface area contributed by atoms with Crippen molar-refractivity contribution in [3.8, 4) is 0 Å². The number of fused-ring (bicyclic) bond motifs is 1. The van der Waals surface area contributed by atoms with Gasteiger partial charge in [-0.05, 0) is 24.5 Å². The number of nitrogens with one attached hydrogen (secondary N) is 1. The first-order valence-corrected chi connectivity index (χ1v) is 8.76. The molecule has 6 nitrogen and oxygen atoms in total. The van der Waals surface area contributed by atoms with Crippen LogP contribution in [0.15, 0.2) is 36.7 Å². The van der Waals surface area contributed by atoms with Gasteiger partial charge in [-0.2, -0.15) is 5.10 Å². The van der Waals surface area contributed by atoms with Crippen LogP contribution in [0.2, 0.25) is 5.02 Å². The van der Waals surface area contributed by atoms with Crippen molar-refractivity contribution in [1.82, 2.24) is 25.1 Å². The number of H-pyrrole nitrogens is 1. The molecule has 25 heavy (non-hydrogen) atoms. The molecular weight excluding hydrogens is 338 g/mol. The number of carbonyl (C=O) groups is 1. The summed E-state index contributed by atoms with van der Waals surface area (Å²) in [5, 5.41) is 7.93. The van der Waals surface area contributed by atoms with E-state index < -0.39 is 0 Å². The molecule has 3 aromatic rings. The number of carbonyl (C=O) groups excluding carboxylic acids is 1. The van der Waals surface area contributed by atoms with E-state index in [9.17, 15) is 4.79 Å². The van der Waals surface area contributed by atoms with Crippen LogP contribution in [-0.2, 0) is 11.2 Å². The zero-order valence-electron chi connectivity index (χ0n) is 13.7. The molecule has 3 heterocycles. The topological polar surface area (TPSA) is 74.8 Å². The van der Waals surface area contributed by atoms with Crippen molar-refractivity contribution in [2.45, 2.75) is 25.2 Å². The van der Waals surface area contributed by atoms with Gasteiger partial charge in [0.2, 0.25) is 5.91 Å². The summed E-state index contributed by atoms with van der Waals surface area (Å²) in [4.78, 5) is 23.2. The minimum atomic E-state index is 0.104. The Morgan fingerprint density at radius 1 is 1.28 bits per heavy atom. The van der Waals surface area contributed by atoms with Gasteiger partial charge in [-0.1, -0.05) is 29.8 Å². The van der Waals surface area contributed by atoms with Crippen molar-refractivity contribution in [2.75, 3.05) is 13.1 Å². The fraction of sp³-hybridized carbons (Fsp3) is 0.333. The summed E-state index contributed by atoms with van der Waals surface area (Å²) in [6.45, 7) is 1.44. The maximum absolute atomic E-state index is 12.7. The van der Waals surface area contributed by atoms with Crippen LogP contribution >= 0.6 is 11.6 Å². The van der Waals surface area contributed by atoms with E-state index in [-0.39, 0.29) is 11.8 Å². The highest BCUT2D eigenvalue weighted by Gasteiger charge is 2.28. The molecule has 1 atom stereocenters. The van der Waals surface area contributed by atoms with Gasteiger partial charge in [0, 0.05) is 36.4 Å². The van der Waals surface area contributed by atoms with Gasteiger partial charge >= 0.3 is 0 Å². The Morgan fingerprint density at radius 3 is 3.00 bits per heavy atom. The average Bonchev–Trinajstić information content (AvgIpc) is 3.08. The summed E-state index contributed by atoms with van der Waals surface area (Å²) in [6.07, 6.45) is 5.59. The van der Waals surface area contributed by atoms with E-state index in [0.29, 0.717) is 23.6 Å². The van der Waals surface area contributed by atoms with Gasteiger partial charge < -0.3 is 4.90 Å². The van der Waals surface area contributed by atoms with Crippen LogP contribution in [0.25, 0.3) is 11.2 Å². The first-order chi connectivity index (χ1) is 12.2. The lowest BCUT2D eigenvalue weighted by molar-refractivity contribution is -0.131. The number of piperidine rings is 1. The number of hydrogen-bond acceptors (Lipinski definition) is 4. The van der Waals surface area contributed by atoms with E-state index in [4.69, 9.17) is 11.6 Å². The van der Waals surface area contributed by atoms with Crippen molar-refractivity contribution in [3.05, 3.63) is 52.9 Å². The molecule has 0 bridgehead atoms. The molecule has 0 radical (unpaired) electrons. The molecule has 1 aromatic carbocycles. The van der Waals surface area contributed by atoms with E-state index in [2.05, 4.69) is 20.2 Å². The second kappa shape index (κ2) is 6.80. The van der Waals surface area contributed by atoms with Crippen LogP contribution in [0.1, 0.15) is 30.0 Å². The van der Waals surface area contributed by atoms with Gasteiger partial charge in [0.05, 0.1) is 12.1 Å². The van der Waals surface area contributed by atoms with E-state index >= 15 is 0 Å². The Balaban J connectivity index is 1.51.